The lowest BCUT2D eigenvalue weighted by Crippen LogP contribution is -2.50. The molecule has 10 heteroatoms. The van der Waals surface area contributed by atoms with Crippen molar-refractivity contribution in [3.63, 3.8) is 0 Å². The van der Waals surface area contributed by atoms with E-state index in [-0.39, 0.29) is 37.1 Å². The fourth-order valence-electron chi connectivity index (χ4n) is 3.68. The average molecular weight is 427 g/mol. The fraction of sp³-hybridized carbons (Fsp3) is 0.579. The van der Waals surface area contributed by atoms with Gasteiger partial charge in [0.2, 0.25) is 21.8 Å². The number of rotatable bonds is 7. The lowest BCUT2D eigenvalue weighted by atomic mass is 10.1. The molecule has 0 saturated carbocycles. The van der Waals surface area contributed by atoms with Gasteiger partial charge in [-0.3, -0.25) is 9.59 Å². The van der Waals surface area contributed by atoms with Gasteiger partial charge in [0.15, 0.2) is 0 Å². The number of amides is 2. The summed E-state index contributed by atoms with van der Waals surface area (Å²) < 4.78 is 39.8. The van der Waals surface area contributed by atoms with E-state index in [2.05, 4.69) is 10.2 Å². The quantitative estimate of drug-likeness (QED) is 0.676. The lowest BCUT2D eigenvalue weighted by Gasteiger charge is -2.33. The van der Waals surface area contributed by atoms with E-state index < -0.39 is 21.8 Å². The van der Waals surface area contributed by atoms with Gasteiger partial charge in [0.05, 0.1) is 11.7 Å². The molecule has 2 saturated heterocycles. The van der Waals surface area contributed by atoms with Crippen LogP contribution in [0.15, 0.2) is 24.3 Å². The predicted octanol–water partition coefficient (Wildman–Crippen LogP) is 0.262. The molecule has 0 aliphatic carbocycles. The van der Waals surface area contributed by atoms with Gasteiger partial charge >= 0.3 is 0 Å². The van der Waals surface area contributed by atoms with Crippen molar-refractivity contribution in [1.29, 1.82) is 0 Å². The first-order chi connectivity index (χ1) is 13.8. The summed E-state index contributed by atoms with van der Waals surface area (Å²) in [5.74, 6) is -1.81. The third-order valence-electron chi connectivity index (χ3n) is 5.45. The van der Waals surface area contributed by atoms with E-state index in [1.807, 2.05) is 6.92 Å². The minimum absolute atomic E-state index is 0.000184. The van der Waals surface area contributed by atoms with Crippen LogP contribution in [0.3, 0.4) is 0 Å². The minimum Gasteiger partial charge on any atom is -0.355 e. The van der Waals surface area contributed by atoms with E-state index in [1.165, 1.54) is 27.4 Å². The molecule has 0 unspecified atom stereocenters. The molecule has 0 aromatic heterocycles. The number of halogens is 1. The van der Waals surface area contributed by atoms with E-state index in [0.29, 0.717) is 31.9 Å². The number of carbonyl (C=O) groups excluding carboxylic acids is 2. The lowest BCUT2D eigenvalue weighted by molar-refractivity contribution is -0.126. The third kappa shape index (κ3) is 5.31. The van der Waals surface area contributed by atoms with Crippen LogP contribution in [0.2, 0.25) is 0 Å². The Morgan fingerprint density at radius 1 is 1.24 bits per heavy atom. The Morgan fingerprint density at radius 3 is 2.62 bits per heavy atom. The summed E-state index contributed by atoms with van der Waals surface area (Å²) in [6, 6.07) is 5.67. The molecule has 1 atom stereocenters. The van der Waals surface area contributed by atoms with E-state index in [0.717, 1.165) is 6.54 Å². The van der Waals surface area contributed by atoms with Gasteiger partial charge in [-0.25, -0.2) is 12.8 Å². The van der Waals surface area contributed by atoms with Crippen LogP contribution in [0.25, 0.3) is 0 Å². The van der Waals surface area contributed by atoms with Gasteiger partial charge in [-0.05, 0) is 24.7 Å². The first-order valence-electron chi connectivity index (χ1n) is 9.84. The summed E-state index contributed by atoms with van der Waals surface area (Å²) in [5, 5.41) is 2.64. The minimum atomic E-state index is -3.43. The van der Waals surface area contributed by atoms with Crippen molar-refractivity contribution >= 4 is 27.5 Å². The van der Waals surface area contributed by atoms with Crippen LogP contribution in [0.1, 0.15) is 13.3 Å². The number of piperazine rings is 1. The van der Waals surface area contributed by atoms with Gasteiger partial charge in [-0.1, -0.05) is 13.0 Å². The summed E-state index contributed by atoms with van der Waals surface area (Å²) in [5.41, 5.74) is 0.416. The molecule has 29 heavy (non-hydrogen) atoms. The van der Waals surface area contributed by atoms with Crippen molar-refractivity contribution < 1.29 is 22.4 Å². The van der Waals surface area contributed by atoms with Gasteiger partial charge in [-0.15, -0.1) is 0 Å². The predicted molar refractivity (Wildman–Crippen MR) is 107 cm³/mol. The summed E-state index contributed by atoms with van der Waals surface area (Å²) in [6.07, 6.45) is 0.0219. The van der Waals surface area contributed by atoms with Gasteiger partial charge in [0, 0.05) is 51.4 Å². The molecular formula is C19H27FN4O4S. The van der Waals surface area contributed by atoms with Crippen LogP contribution in [-0.4, -0.2) is 81.0 Å². The number of sulfonamides is 1. The van der Waals surface area contributed by atoms with Crippen molar-refractivity contribution in [3.05, 3.63) is 30.1 Å². The largest absolute Gasteiger partial charge is 0.355 e. The first kappa shape index (κ1) is 21.7. The smallest absolute Gasteiger partial charge is 0.227 e. The zero-order chi connectivity index (χ0) is 21.0. The number of likely N-dealkylation sites (N-methyl/N-ethyl adjacent to an activating group) is 1. The highest BCUT2D eigenvalue weighted by Crippen LogP contribution is 2.25. The van der Waals surface area contributed by atoms with Crippen molar-refractivity contribution in [2.24, 2.45) is 5.92 Å². The molecule has 0 bridgehead atoms. The molecule has 1 aromatic rings. The number of hydrogen-bond acceptors (Lipinski definition) is 5. The first-order valence-corrected chi connectivity index (χ1v) is 11.4. The average Bonchev–Trinajstić information content (AvgIpc) is 3.09. The number of anilines is 1. The zero-order valence-corrected chi connectivity index (χ0v) is 17.3. The van der Waals surface area contributed by atoms with E-state index >= 15 is 0 Å². The SMILES string of the molecule is CCN1CCN(S(=O)(=O)CCNC(=O)[C@@H]2CC(=O)N(c3cccc(F)c3)C2)CC1. The fourth-order valence-corrected chi connectivity index (χ4v) is 5.02. The highest BCUT2D eigenvalue weighted by atomic mass is 32.2. The number of benzene rings is 1. The number of nitrogens with zero attached hydrogens (tertiary/aromatic N) is 3. The van der Waals surface area contributed by atoms with Crippen LogP contribution in [-0.2, 0) is 19.6 Å². The van der Waals surface area contributed by atoms with E-state index in [1.54, 1.807) is 6.07 Å². The number of hydrogen-bond donors (Lipinski definition) is 1. The molecule has 2 aliphatic heterocycles. The molecule has 3 rings (SSSR count). The van der Waals surface area contributed by atoms with Crippen LogP contribution >= 0.6 is 0 Å². The van der Waals surface area contributed by atoms with Crippen LogP contribution < -0.4 is 10.2 Å². The van der Waals surface area contributed by atoms with E-state index in [9.17, 15) is 22.4 Å². The Labute approximate surface area is 170 Å². The van der Waals surface area contributed by atoms with Crippen molar-refractivity contribution in [3.8, 4) is 0 Å². The molecule has 0 radical (unpaired) electrons. The Balaban J connectivity index is 1.48. The van der Waals surface area contributed by atoms with E-state index in [4.69, 9.17) is 0 Å². The molecule has 160 valence electrons. The van der Waals surface area contributed by atoms with Crippen molar-refractivity contribution in [2.45, 2.75) is 13.3 Å². The normalized spacial score (nSPS) is 21.5. The maximum absolute atomic E-state index is 13.4. The molecule has 2 amide bonds. The molecule has 2 aliphatic rings. The Hall–Kier alpha value is -2.04. The van der Waals surface area contributed by atoms with Crippen LogP contribution in [0.4, 0.5) is 10.1 Å². The van der Waals surface area contributed by atoms with Gasteiger partial charge < -0.3 is 15.1 Å². The summed E-state index contributed by atoms with van der Waals surface area (Å²) in [7, 11) is -3.43. The zero-order valence-electron chi connectivity index (χ0n) is 16.5. The molecule has 2 heterocycles. The maximum atomic E-state index is 13.4. The Bertz CT molecular complexity index is 856. The maximum Gasteiger partial charge on any atom is 0.227 e. The Morgan fingerprint density at radius 2 is 1.97 bits per heavy atom. The molecule has 1 aromatic carbocycles. The number of carbonyl (C=O) groups is 2. The van der Waals surface area contributed by atoms with Crippen LogP contribution in [0.5, 0.6) is 0 Å². The second-order valence-corrected chi connectivity index (χ2v) is 9.41. The standard InChI is InChI=1S/C19H27FN4O4S/c1-2-22-7-9-23(10-8-22)29(27,28)11-6-21-19(26)15-12-18(25)24(14-15)17-5-3-4-16(20)13-17/h3-5,13,15H,2,6-12,14H2,1H3,(H,21,26)/t15-/m1/s1. The monoisotopic (exact) mass is 426 g/mol. The van der Waals surface area contributed by atoms with Crippen molar-refractivity contribution in [2.75, 3.05) is 56.5 Å². The van der Waals surface area contributed by atoms with Gasteiger partial charge in [-0.2, -0.15) is 4.31 Å². The van der Waals surface area contributed by atoms with Crippen molar-refractivity contribution in [1.82, 2.24) is 14.5 Å². The summed E-state index contributed by atoms with van der Waals surface area (Å²) >= 11 is 0. The highest BCUT2D eigenvalue weighted by molar-refractivity contribution is 7.89. The summed E-state index contributed by atoms with van der Waals surface area (Å²) in [6.45, 7) is 5.44. The topological polar surface area (TPSA) is 90.0 Å². The van der Waals surface area contributed by atoms with Gasteiger partial charge in [0.25, 0.3) is 0 Å². The second kappa shape index (κ2) is 9.19. The molecule has 8 nitrogen and oxygen atoms in total. The van der Waals surface area contributed by atoms with Crippen LogP contribution in [0, 0.1) is 11.7 Å². The third-order valence-corrected chi connectivity index (χ3v) is 7.32. The number of nitrogens with one attached hydrogen (secondary N) is 1. The second-order valence-electron chi connectivity index (χ2n) is 7.33. The van der Waals surface area contributed by atoms with Gasteiger partial charge in [0.1, 0.15) is 5.82 Å². The molecule has 1 N–H and O–H groups in total. The Kier molecular flexibility index (Phi) is 6.86. The molecular weight excluding hydrogens is 399 g/mol. The highest BCUT2D eigenvalue weighted by Gasteiger charge is 2.35. The molecule has 2 fully saturated rings. The summed E-state index contributed by atoms with van der Waals surface area (Å²) in [4.78, 5) is 28.2. The molecule has 0 spiro atoms.